The Kier molecular flexibility index (Phi) is 7.96. The van der Waals surface area contributed by atoms with Crippen molar-refractivity contribution in [1.29, 1.82) is 0 Å². The van der Waals surface area contributed by atoms with E-state index >= 15 is 0 Å². The molecule has 4 bridgehead atoms. The van der Waals surface area contributed by atoms with Crippen molar-refractivity contribution in [3.8, 4) is 0 Å². The van der Waals surface area contributed by atoms with Gasteiger partial charge in [0.15, 0.2) is 0 Å². The first-order valence-corrected chi connectivity index (χ1v) is 16.5. The first-order chi connectivity index (χ1) is 16.6. The van der Waals surface area contributed by atoms with E-state index in [1.807, 2.05) is 11.8 Å². The summed E-state index contributed by atoms with van der Waals surface area (Å²) < 4.78 is 3.40. The van der Waals surface area contributed by atoms with E-state index < -0.39 is 23.2 Å². The summed E-state index contributed by atoms with van der Waals surface area (Å²) in [7, 11) is 0. The minimum absolute atomic E-state index is 0. The molecule has 7 rings (SSSR count). The van der Waals surface area contributed by atoms with E-state index in [1.54, 1.807) is 0 Å². The molecule has 36 heavy (non-hydrogen) atoms. The van der Waals surface area contributed by atoms with Gasteiger partial charge < -0.3 is 24.8 Å². The van der Waals surface area contributed by atoms with Crippen molar-refractivity contribution in [2.24, 2.45) is 0 Å². The SMILES string of the molecule is Brc1ccc2c(c1)[CH]([Zr+2][CH]1C3=Cc4c(cc(Br)cc41)Sc1cccc3c1)C(c1ccccc1)=C2.[Cl-].[Cl-]. The van der Waals surface area contributed by atoms with Gasteiger partial charge in [0.25, 0.3) is 0 Å². The molecule has 1 heterocycles. The van der Waals surface area contributed by atoms with Crippen molar-refractivity contribution in [2.75, 3.05) is 0 Å². The summed E-state index contributed by atoms with van der Waals surface area (Å²) >= 11 is 8.46. The second-order valence-corrected chi connectivity index (χ2v) is 15.5. The summed E-state index contributed by atoms with van der Waals surface area (Å²) in [5.41, 5.74) is 11.6. The summed E-state index contributed by atoms with van der Waals surface area (Å²) in [6, 6.07) is 31.7. The Morgan fingerprint density at radius 2 is 1.36 bits per heavy atom. The molecule has 0 saturated heterocycles. The first kappa shape index (κ1) is 26.7. The molecule has 0 amide bonds. The van der Waals surface area contributed by atoms with Crippen LogP contribution in [0.5, 0.6) is 0 Å². The van der Waals surface area contributed by atoms with E-state index in [0.717, 1.165) is 0 Å². The first-order valence-electron chi connectivity index (χ1n) is 11.3. The van der Waals surface area contributed by atoms with Gasteiger partial charge in [-0.1, -0.05) is 0 Å². The number of hydrogen-bond acceptors (Lipinski definition) is 1. The number of allylic oxidation sites excluding steroid dienone is 2. The van der Waals surface area contributed by atoms with Crippen LogP contribution in [-0.2, 0) is 23.2 Å². The molecule has 0 radical (unpaired) electrons. The van der Waals surface area contributed by atoms with Gasteiger partial charge in [0.1, 0.15) is 0 Å². The molecule has 3 aliphatic rings. The topological polar surface area (TPSA) is 0 Å². The third kappa shape index (κ3) is 4.61. The van der Waals surface area contributed by atoms with Crippen LogP contribution < -0.4 is 24.8 Å². The Morgan fingerprint density at radius 3 is 2.19 bits per heavy atom. The standard InChI is InChI=1S/C15H8BrS.C15H10Br.2ClH.Zr/c16-12-5-11-4-10-7-14(11)15(8-12)17-13-3-1-2-9(10)6-13;16-15-7-6-12-8-13(9-14(12)10-15)11-4-2-1-3-5-11;;;/h1-8H;1-10H;2*1H;/q;;;;+2/p-2. The second kappa shape index (κ2) is 10.7. The summed E-state index contributed by atoms with van der Waals surface area (Å²) in [5.74, 6) is 0. The maximum absolute atomic E-state index is 3.84. The van der Waals surface area contributed by atoms with Crippen LogP contribution in [0.4, 0.5) is 0 Å². The Labute approximate surface area is 256 Å². The Hall–Kier alpha value is -0.867. The quantitative estimate of drug-likeness (QED) is 0.311. The van der Waals surface area contributed by atoms with Crippen LogP contribution in [0.15, 0.2) is 104 Å². The normalized spacial score (nSPS) is 17.9. The van der Waals surface area contributed by atoms with E-state index in [2.05, 4.69) is 129 Å². The number of rotatable bonds is 3. The number of hydrogen-bond donors (Lipinski definition) is 0. The second-order valence-electron chi connectivity index (χ2n) is 8.91. The number of halogens is 4. The zero-order valence-electron chi connectivity index (χ0n) is 18.8. The fourth-order valence-electron chi connectivity index (χ4n) is 5.37. The van der Waals surface area contributed by atoms with Gasteiger partial charge in [0.05, 0.1) is 0 Å². The van der Waals surface area contributed by atoms with Gasteiger partial charge in [-0.05, 0) is 0 Å². The summed E-state index contributed by atoms with van der Waals surface area (Å²) in [4.78, 5) is 2.70. The molecule has 1 aliphatic heterocycles. The predicted octanol–water partition coefficient (Wildman–Crippen LogP) is 3.66. The van der Waals surface area contributed by atoms with Gasteiger partial charge in [-0.15, -0.1) is 0 Å². The number of fused-ring (bicyclic) bond motifs is 4. The van der Waals surface area contributed by atoms with Crippen molar-refractivity contribution in [3.63, 3.8) is 0 Å². The molecule has 4 aromatic carbocycles. The summed E-state index contributed by atoms with van der Waals surface area (Å²) in [6.45, 7) is 0. The van der Waals surface area contributed by atoms with Gasteiger partial charge in [-0.3, -0.25) is 0 Å². The third-order valence-corrected chi connectivity index (χ3v) is 13.6. The van der Waals surface area contributed by atoms with E-state index in [4.69, 9.17) is 0 Å². The molecule has 2 aliphatic carbocycles. The van der Waals surface area contributed by atoms with Crippen LogP contribution in [0.1, 0.15) is 40.6 Å². The molecule has 0 N–H and O–H groups in total. The molecule has 0 spiro atoms. The van der Waals surface area contributed by atoms with Gasteiger partial charge in [0, 0.05) is 0 Å². The van der Waals surface area contributed by atoms with E-state index in [1.165, 1.54) is 63.3 Å². The maximum atomic E-state index is 3.84. The third-order valence-electron chi connectivity index (χ3n) is 6.88. The minimum atomic E-state index is -1.03. The van der Waals surface area contributed by atoms with E-state index in [0.29, 0.717) is 7.25 Å². The van der Waals surface area contributed by atoms with Crippen LogP contribution in [0.25, 0.3) is 23.3 Å². The molecule has 176 valence electrons. The smallest absolute Gasteiger partial charge is 1.00 e. The largest absolute Gasteiger partial charge is 1.00 e. The van der Waals surface area contributed by atoms with Crippen molar-refractivity contribution in [1.82, 2.24) is 0 Å². The van der Waals surface area contributed by atoms with Crippen LogP contribution in [0.2, 0.25) is 0 Å². The van der Waals surface area contributed by atoms with Crippen LogP contribution in [0, 0.1) is 0 Å². The summed E-state index contributed by atoms with van der Waals surface area (Å²) in [5, 5.41) is 0. The van der Waals surface area contributed by atoms with Gasteiger partial charge in [-0.25, -0.2) is 0 Å². The fourth-order valence-corrected chi connectivity index (χ4v) is 12.4. The van der Waals surface area contributed by atoms with Crippen LogP contribution >= 0.6 is 43.6 Å². The van der Waals surface area contributed by atoms with Gasteiger partial charge in [0.2, 0.25) is 0 Å². The Balaban J connectivity index is 0.00000133. The fraction of sp³-hybridized carbons (Fsp3) is 0.0667. The summed E-state index contributed by atoms with van der Waals surface area (Å²) in [6.07, 6.45) is 4.94. The van der Waals surface area contributed by atoms with Gasteiger partial charge >= 0.3 is 234 Å². The molecule has 2 atom stereocenters. The van der Waals surface area contributed by atoms with Crippen molar-refractivity contribution >= 4 is 66.9 Å². The Morgan fingerprint density at radius 1 is 0.639 bits per heavy atom. The molecular formula is C30H18Br2Cl2SZr. The predicted molar refractivity (Wildman–Crippen MR) is 147 cm³/mol. The zero-order valence-corrected chi connectivity index (χ0v) is 26.8. The number of benzene rings is 4. The minimum Gasteiger partial charge on any atom is -1.00 e. The molecular weight excluding hydrogens is 714 g/mol. The van der Waals surface area contributed by atoms with Crippen molar-refractivity contribution in [3.05, 3.63) is 127 Å². The zero-order chi connectivity index (χ0) is 22.8. The van der Waals surface area contributed by atoms with Crippen LogP contribution in [-0.4, -0.2) is 0 Å². The molecule has 0 aromatic heterocycles. The maximum Gasteiger partial charge on any atom is -1.00 e. The van der Waals surface area contributed by atoms with Crippen molar-refractivity contribution in [2.45, 2.75) is 17.0 Å². The molecule has 4 aromatic rings. The molecule has 6 heteroatoms. The monoisotopic (exact) mass is 728 g/mol. The van der Waals surface area contributed by atoms with Crippen molar-refractivity contribution < 1.29 is 48.0 Å². The van der Waals surface area contributed by atoms with Crippen LogP contribution in [0.3, 0.4) is 0 Å². The molecule has 0 fully saturated rings. The van der Waals surface area contributed by atoms with Gasteiger partial charge in [-0.2, -0.15) is 0 Å². The molecule has 0 saturated carbocycles. The molecule has 0 nitrogen and oxygen atoms in total. The average Bonchev–Trinajstić information content (AvgIpc) is 3.38. The Bertz CT molecular complexity index is 1550. The molecule has 2 unspecified atom stereocenters. The van der Waals surface area contributed by atoms with E-state index in [9.17, 15) is 0 Å². The average molecular weight is 732 g/mol. The van der Waals surface area contributed by atoms with E-state index in [-0.39, 0.29) is 24.8 Å².